The van der Waals surface area contributed by atoms with Crippen LogP contribution in [0.1, 0.15) is 67.7 Å². The van der Waals surface area contributed by atoms with Gasteiger partial charge < -0.3 is 9.84 Å². The molecule has 1 rings (SSSR count). The molecule has 1 saturated carbocycles. The maximum atomic E-state index is 12.3. The molecule has 1 N–H and O–H groups in total. The molecule has 3 unspecified atom stereocenters. The number of rotatable bonds is 2. The SMILES string of the molecule is CC(C)=C1CCC(C)CC1(O)C(C)C(=O)OC(C)(C)C. The molecule has 0 heterocycles. The third-order valence-electron chi connectivity index (χ3n) is 4.15. The lowest BCUT2D eigenvalue weighted by Crippen LogP contribution is -2.48. The van der Waals surface area contributed by atoms with Crippen molar-refractivity contribution in [1.29, 1.82) is 0 Å². The Kier molecular flexibility index (Phi) is 5.07. The number of aliphatic hydroxyl groups is 1. The van der Waals surface area contributed by atoms with Crippen molar-refractivity contribution in [2.45, 2.75) is 78.9 Å². The van der Waals surface area contributed by atoms with E-state index in [0.717, 1.165) is 24.0 Å². The summed E-state index contributed by atoms with van der Waals surface area (Å²) in [5, 5.41) is 11.1. The summed E-state index contributed by atoms with van der Waals surface area (Å²) in [6.07, 6.45) is 2.57. The molecule has 1 fully saturated rings. The Morgan fingerprint density at radius 2 is 1.95 bits per heavy atom. The maximum absolute atomic E-state index is 12.3. The van der Waals surface area contributed by atoms with Gasteiger partial charge in [-0.15, -0.1) is 0 Å². The molecule has 0 bridgehead atoms. The van der Waals surface area contributed by atoms with Gasteiger partial charge in [-0.2, -0.15) is 0 Å². The van der Waals surface area contributed by atoms with Gasteiger partial charge in [0, 0.05) is 0 Å². The van der Waals surface area contributed by atoms with E-state index in [0.29, 0.717) is 12.3 Å². The van der Waals surface area contributed by atoms with Crippen LogP contribution < -0.4 is 0 Å². The molecule has 0 spiro atoms. The lowest BCUT2D eigenvalue weighted by molar-refractivity contribution is -0.168. The summed E-state index contributed by atoms with van der Waals surface area (Å²) < 4.78 is 5.46. The standard InChI is InChI=1S/C17H30O3/c1-11(2)14-9-8-12(3)10-17(14,19)13(4)15(18)20-16(5,6)7/h12-13,19H,8-10H2,1-7H3. The Balaban J connectivity index is 3.04. The van der Waals surface area contributed by atoms with Crippen LogP contribution in [0, 0.1) is 11.8 Å². The van der Waals surface area contributed by atoms with Crippen LogP contribution in [0.4, 0.5) is 0 Å². The van der Waals surface area contributed by atoms with E-state index >= 15 is 0 Å². The number of hydrogen-bond donors (Lipinski definition) is 1. The van der Waals surface area contributed by atoms with Gasteiger partial charge in [0.1, 0.15) is 5.60 Å². The average Bonchev–Trinajstić information content (AvgIpc) is 2.24. The summed E-state index contributed by atoms with van der Waals surface area (Å²) in [4.78, 5) is 12.3. The van der Waals surface area contributed by atoms with Gasteiger partial charge >= 0.3 is 5.97 Å². The second-order valence-electron chi connectivity index (χ2n) is 7.51. The molecule has 20 heavy (non-hydrogen) atoms. The van der Waals surface area contributed by atoms with Gasteiger partial charge in [0.15, 0.2) is 0 Å². The van der Waals surface area contributed by atoms with Crippen molar-refractivity contribution in [3.8, 4) is 0 Å². The zero-order valence-corrected chi connectivity index (χ0v) is 14.0. The van der Waals surface area contributed by atoms with E-state index in [2.05, 4.69) is 6.92 Å². The summed E-state index contributed by atoms with van der Waals surface area (Å²) in [5.74, 6) is -0.421. The van der Waals surface area contributed by atoms with Crippen LogP contribution in [-0.4, -0.2) is 22.3 Å². The van der Waals surface area contributed by atoms with Gasteiger partial charge in [-0.25, -0.2) is 0 Å². The lowest BCUT2D eigenvalue weighted by Gasteiger charge is -2.42. The highest BCUT2D eigenvalue weighted by molar-refractivity contribution is 5.75. The molecular weight excluding hydrogens is 252 g/mol. The first kappa shape index (κ1) is 17.2. The Bertz CT molecular complexity index is 399. The fourth-order valence-corrected chi connectivity index (χ4v) is 3.07. The fourth-order valence-electron chi connectivity index (χ4n) is 3.07. The Morgan fingerprint density at radius 1 is 1.40 bits per heavy atom. The number of carbonyl (C=O) groups excluding carboxylic acids is 1. The third-order valence-corrected chi connectivity index (χ3v) is 4.15. The first-order valence-electron chi connectivity index (χ1n) is 7.59. The minimum atomic E-state index is -1.06. The van der Waals surface area contributed by atoms with Gasteiger partial charge in [0.05, 0.1) is 11.5 Å². The second kappa shape index (κ2) is 5.88. The van der Waals surface area contributed by atoms with Crippen LogP contribution in [-0.2, 0) is 9.53 Å². The molecular formula is C17H30O3. The first-order chi connectivity index (χ1) is 8.97. The average molecular weight is 282 g/mol. The van der Waals surface area contributed by atoms with Crippen molar-refractivity contribution < 1.29 is 14.6 Å². The highest BCUT2D eigenvalue weighted by Gasteiger charge is 2.46. The molecule has 0 amide bonds. The second-order valence-corrected chi connectivity index (χ2v) is 7.51. The molecule has 0 radical (unpaired) electrons. The van der Waals surface area contributed by atoms with E-state index in [1.807, 2.05) is 34.6 Å². The molecule has 0 aliphatic heterocycles. The summed E-state index contributed by atoms with van der Waals surface area (Å²) in [7, 11) is 0. The highest BCUT2D eigenvalue weighted by Crippen LogP contribution is 2.43. The highest BCUT2D eigenvalue weighted by atomic mass is 16.6. The van der Waals surface area contributed by atoms with Gasteiger partial charge in [-0.3, -0.25) is 4.79 Å². The van der Waals surface area contributed by atoms with Crippen molar-refractivity contribution in [3.05, 3.63) is 11.1 Å². The van der Waals surface area contributed by atoms with Crippen LogP contribution >= 0.6 is 0 Å². The molecule has 0 saturated heterocycles. The molecule has 1 aliphatic rings. The Morgan fingerprint density at radius 3 is 2.40 bits per heavy atom. The predicted molar refractivity (Wildman–Crippen MR) is 81.3 cm³/mol. The van der Waals surface area contributed by atoms with Crippen molar-refractivity contribution >= 4 is 5.97 Å². The van der Waals surface area contributed by atoms with Crippen molar-refractivity contribution in [3.63, 3.8) is 0 Å². The quantitative estimate of drug-likeness (QED) is 0.618. The maximum Gasteiger partial charge on any atom is 0.312 e. The van der Waals surface area contributed by atoms with Gasteiger partial charge in [0.2, 0.25) is 0 Å². The van der Waals surface area contributed by atoms with Crippen LogP contribution in [0.2, 0.25) is 0 Å². The molecule has 0 aromatic heterocycles. The lowest BCUT2D eigenvalue weighted by atomic mass is 9.68. The van der Waals surface area contributed by atoms with Crippen LogP contribution in [0.25, 0.3) is 0 Å². The number of hydrogen-bond acceptors (Lipinski definition) is 3. The largest absolute Gasteiger partial charge is 0.460 e. The molecule has 3 atom stereocenters. The normalized spacial score (nSPS) is 29.0. The summed E-state index contributed by atoms with van der Waals surface area (Å²) in [5.41, 5.74) is 0.565. The van der Waals surface area contributed by atoms with Gasteiger partial charge in [-0.05, 0) is 72.3 Å². The number of carbonyl (C=O) groups is 1. The van der Waals surface area contributed by atoms with Crippen LogP contribution in [0.3, 0.4) is 0 Å². The van der Waals surface area contributed by atoms with E-state index in [-0.39, 0.29) is 5.97 Å². The fraction of sp³-hybridized carbons (Fsp3) is 0.824. The molecule has 116 valence electrons. The first-order valence-corrected chi connectivity index (χ1v) is 7.59. The van der Waals surface area contributed by atoms with E-state index in [1.165, 1.54) is 0 Å². The van der Waals surface area contributed by atoms with Gasteiger partial charge in [-0.1, -0.05) is 12.5 Å². The minimum Gasteiger partial charge on any atom is -0.460 e. The zero-order chi connectivity index (χ0) is 15.7. The van der Waals surface area contributed by atoms with Crippen LogP contribution in [0.15, 0.2) is 11.1 Å². The van der Waals surface area contributed by atoms with E-state index in [4.69, 9.17) is 4.74 Å². The van der Waals surface area contributed by atoms with Crippen LogP contribution in [0.5, 0.6) is 0 Å². The number of allylic oxidation sites excluding steroid dienone is 1. The zero-order valence-electron chi connectivity index (χ0n) is 14.0. The van der Waals surface area contributed by atoms with Crippen molar-refractivity contribution in [2.75, 3.05) is 0 Å². The van der Waals surface area contributed by atoms with Gasteiger partial charge in [0.25, 0.3) is 0 Å². The summed E-state index contributed by atoms with van der Waals surface area (Å²) >= 11 is 0. The number of esters is 1. The molecule has 0 aromatic carbocycles. The molecule has 1 aliphatic carbocycles. The van der Waals surface area contributed by atoms with Crippen molar-refractivity contribution in [2.24, 2.45) is 11.8 Å². The monoisotopic (exact) mass is 282 g/mol. The molecule has 3 nitrogen and oxygen atoms in total. The van der Waals surface area contributed by atoms with E-state index in [9.17, 15) is 9.90 Å². The number of ether oxygens (including phenoxy) is 1. The van der Waals surface area contributed by atoms with Crippen molar-refractivity contribution in [1.82, 2.24) is 0 Å². The third kappa shape index (κ3) is 3.85. The Labute approximate surface area is 123 Å². The summed E-state index contributed by atoms with van der Waals surface area (Å²) in [6.45, 7) is 13.5. The topological polar surface area (TPSA) is 46.5 Å². The van der Waals surface area contributed by atoms with E-state index < -0.39 is 17.1 Å². The summed E-state index contributed by atoms with van der Waals surface area (Å²) in [6, 6.07) is 0. The molecule has 3 heteroatoms. The predicted octanol–water partition coefficient (Wildman–Crippen LogP) is 3.85. The smallest absolute Gasteiger partial charge is 0.312 e. The minimum absolute atomic E-state index is 0.312. The Hall–Kier alpha value is -0.830. The van der Waals surface area contributed by atoms with E-state index in [1.54, 1.807) is 6.92 Å². The molecule has 0 aromatic rings.